The first-order valence-electron chi connectivity index (χ1n) is 7.58. The van der Waals surface area contributed by atoms with Gasteiger partial charge in [0.15, 0.2) is 0 Å². The zero-order valence-electron chi connectivity index (χ0n) is 12.0. The highest BCUT2D eigenvalue weighted by atomic mass is 16.1. The number of nitrogens with one attached hydrogen (secondary N) is 2. The van der Waals surface area contributed by atoms with Gasteiger partial charge in [-0.3, -0.25) is 4.79 Å². The molecule has 1 amide bonds. The first kappa shape index (κ1) is 13.9. The predicted molar refractivity (Wildman–Crippen MR) is 74.3 cm³/mol. The van der Waals surface area contributed by atoms with Gasteiger partial charge in [-0.05, 0) is 57.4 Å². The van der Waals surface area contributed by atoms with Gasteiger partial charge in [-0.1, -0.05) is 13.8 Å². The van der Waals surface area contributed by atoms with Crippen molar-refractivity contribution in [3.05, 3.63) is 0 Å². The molecule has 0 bridgehead atoms. The second-order valence-electron chi connectivity index (χ2n) is 6.70. The number of hydrogen-bond donors (Lipinski definition) is 2. The summed E-state index contributed by atoms with van der Waals surface area (Å²) in [4.78, 5) is 12.3. The second kappa shape index (κ2) is 6.05. The Labute approximate surface area is 111 Å². The van der Waals surface area contributed by atoms with Gasteiger partial charge in [0.1, 0.15) is 0 Å². The molecule has 2 fully saturated rings. The minimum atomic E-state index is 0.230. The topological polar surface area (TPSA) is 41.1 Å². The molecule has 1 saturated carbocycles. The van der Waals surface area contributed by atoms with Gasteiger partial charge in [0.05, 0.1) is 0 Å². The Kier molecular flexibility index (Phi) is 4.66. The fourth-order valence-corrected chi connectivity index (χ4v) is 3.75. The summed E-state index contributed by atoms with van der Waals surface area (Å²) in [6.45, 7) is 7.77. The minimum Gasteiger partial charge on any atom is -0.353 e. The first-order valence-corrected chi connectivity index (χ1v) is 7.58. The quantitative estimate of drug-likeness (QED) is 0.792. The molecule has 3 heteroatoms. The van der Waals surface area contributed by atoms with Crippen LogP contribution in [0.2, 0.25) is 0 Å². The van der Waals surface area contributed by atoms with E-state index in [1.54, 1.807) is 0 Å². The van der Waals surface area contributed by atoms with E-state index in [0.29, 0.717) is 18.0 Å². The molecule has 0 spiro atoms. The van der Waals surface area contributed by atoms with Crippen LogP contribution in [0.1, 0.15) is 52.9 Å². The van der Waals surface area contributed by atoms with Crippen molar-refractivity contribution in [2.45, 2.75) is 65.0 Å². The van der Waals surface area contributed by atoms with Crippen LogP contribution in [0, 0.1) is 17.8 Å². The maximum Gasteiger partial charge on any atom is 0.223 e. The molecule has 1 aliphatic carbocycles. The smallest absolute Gasteiger partial charge is 0.223 e. The third-order valence-electron chi connectivity index (χ3n) is 4.52. The number of rotatable bonds is 2. The Hall–Kier alpha value is -0.570. The van der Waals surface area contributed by atoms with Crippen molar-refractivity contribution in [3.63, 3.8) is 0 Å². The highest BCUT2D eigenvalue weighted by Gasteiger charge is 2.29. The molecule has 0 radical (unpaired) electrons. The zero-order chi connectivity index (χ0) is 13.1. The van der Waals surface area contributed by atoms with E-state index in [4.69, 9.17) is 0 Å². The van der Waals surface area contributed by atoms with E-state index >= 15 is 0 Å². The molecule has 18 heavy (non-hydrogen) atoms. The number of amides is 1. The number of carbonyl (C=O) groups excluding carboxylic acids is 1. The molecule has 0 aromatic heterocycles. The van der Waals surface area contributed by atoms with Crippen LogP contribution in [0.3, 0.4) is 0 Å². The van der Waals surface area contributed by atoms with E-state index in [-0.39, 0.29) is 5.92 Å². The molecule has 2 rings (SSSR count). The first-order chi connectivity index (χ1) is 8.54. The van der Waals surface area contributed by atoms with E-state index in [2.05, 4.69) is 31.4 Å². The Balaban J connectivity index is 1.83. The lowest BCUT2D eigenvalue weighted by atomic mass is 9.80. The molecule has 4 atom stereocenters. The lowest BCUT2D eigenvalue weighted by molar-refractivity contribution is -0.127. The van der Waals surface area contributed by atoms with Gasteiger partial charge in [-0.25, -0.2) is 0 Å². The molecule has 2 aliphatic rings. The molecule has 0 aromatic carbocycles. The van der Waals surface area contributed by atoms with Crippen LogP contribution in [0.5, 0.6) is 0 Å². The summed E-state index contributed by atoms with van der Waals surface area (Å²) in [5.41, 5.74) is 0. The number of hydrogen-bond acceptors (Lipinski definition) is 2. The van der Waals surface area contributed by atoms with Gasteiger partial charge in [0.25, 0.3) is 0 Å². The van der Waals surface area contributed by atoms with Gasteiger partial charge in [0, 0.05) is 18.0 Å². The van der Waals surface area contributed by atoms with E-state index in [9.17, 15) is 4.79 Å². The van der Waals surface area contributed by atoms with Crippen LogP contribution >= 0.6 is 0 Å². The number of carbonyl (C=O) groups is 1. The maximum atomic E-state index is 12.3. The second-order valence-corrected chi connectivity index (χ2v) is 6.70. The fourth-order valence-electron chi connectivity index (χ4n) is 3.75. The van der Waals surface area contributed by atoms with Gasteiger partial charge < -0.3 is 10.6 Å². The fraction of sp³-hybridized carbons (Fsp3) is 0.933. The summed E-state index contributed by atoms with van der Waals surface area (Å²) in [5.74, 6) is 2.04. The van der Waals surface area contributed by atoms with E-state index in [0.717, 1.165) is 44.1 Å². The van der Waals surface area contributed by atoms with Crippen LogP contribution in [-0.4, -0.2) is 24.5 Å². The average Bonchev–Trinajstić information content (AvgIpc) is 2.27. The highest BCUT2D eigenvalue weighted by molar-refractivity contribution is 5.79. The summed E-state index contributed by atoms with van der Waals surface area (Å²) in [6, 6.07) is 0.903. The van der Waals surface area contributed by atoms with Crippen LogP contribution in [0.15, 0.2) is 0 Å². The predicted octanol–water partition coefficient (Wildman–Crippen LogP) is 2.32. The SMILES string of the molecule is CC1CC(C)CC(NC(=O)[C@H]2CCN[C@@H](C)C2)C1. The third-order valence-corrected chi connectivity index (χ3v) is 4.52. The van der Waals surface area contributed by atoms with Crippen molar-refractivity contribution in [1.29, 1.82) is 0 Å². The van der Waals surface area contributed by atoms with Crippen LogP contribution in [0.25, 0.3) is 0 Å². The lowest BCUT2D eigenvalue weighted by Crippen LogP contribution is -2.47. The third kappa shape index (κ3) is 3.71. The molecular formula is C15H28N2O. The van der Waals surface area contributed by atoms with Crippen molar-refractivity contribution in [2.75, 3.05) is 6.54 Å². The molecule has 0 aromatic rings. The van der Waals surface area contributed by atoms with Gasteiger partial charge in [-0.2, -0.15) is 0 Å². The maximum absolute atomic E-state index is 12.3. The highest BCUT2D eigenvalue weighted by Crippen LogP contribution is 2.29. The Morgan fingerprint density at radius 2 is 1.72 bits per heavy atom. The number of piperidine rings is 1. The standard InChI is InChI=1S/C15H28N2O/c1-10-6-11(2)8-14(7-10)17-15(18)13-4-5-16-12(3)9-13/h10-14,16H,4-9H2,1-3H3,(H,17,18)/t10?,11?,12-,13-,14?/m0/s1. The van der Waals surface area contributed by atoms with E-state index in [1.807, 2.05) is 0 Å². The Morgan fingerprint density at radius 1 is 1.06 bits per heavy atom. The summed E-state index contributed by atoms with van der Waals surface area (Å²) in [5, 5.41) is 6.71. The molecule has 1 saturated heterocycles. The zero-order valence-corrected chi connectivity index (χ0v) is 12.0. The van der Waals surface area contributed by atoms with E-state index in [1.165, 1.54) is 6.42 Å². The van der Waals surface area contributed by atoms with Crippen LogP contribution in [0.4, 0.5) is 0 Å². The summed E-state index contributed by atoms with van der Waals surface area (Å²) in [6.07, 6.45) is 5.63. The van der Waals surface area contributed by atoms with Crippen molar-refractivity contribution >= 4 is 5.91 Å². The monoisotopic (exact) mass is 252 g/mol. The molecule has 1 aliphatic heterocycles. The van der Waals surface area contributed by atoms with Gasteiger partial charge >= 0.3 is 0 Å². The molecule has 1 heterocycles. The molecular weight excluding hydrogens is 224 g/mol. The normalized spacial score (nSPS) is 41.4. The molecule has 2 N–H and O–H groups in total. The van der Waals surface area contributed by atoms with E-state index < -0.39 is 0 Å². The van der Waals surface area contributed by atoms with Crippen molar-refractivity contribution in [1.82, 2.24) is 10.6 Å². The summed E-state index contributed by atoms with van der Waals surface area (Å²) >= 11 is 0. The summed E-state index contributed by atoms with van der Waals surface area (Å²) in [7, 11) is 0. The molecule has 3 nitrogen and oxygen atoms in total. The minimum absolute atomic E-state index is 0.230. The molecule has 2 unspecified atom stereocenters. The van der Waals surface area contributed by atoms with Gasteiger partial charge in [-0.15, -0.1) is 0 Å². The van der Waals surface area contributed by atoms with Gasteiger partial charge in [0.2, 0.25) is 5.91 Å². The Morgan fingerprint density at radius 3 is 2.33 bits per heavy atom. The summed E-state index contributed by atoms with van der Waals surface area (Å²) < 4.78 is 0. The van der Waals surface area contributed by atoms with Crippen molar-refractivity contribution in [3.8, 4) is 0 Å². The lowest BCUT2D eigenvalue weighted by Gasteiger charge is -2.34. The average molecular weight is 252 g/mol. The largest absolute Gasteiger partial charge is 0.353 e. The van der Waals surface area contributed by atoms with Crippen molar-refractivity contribution < 1.29 is 4.79 Å². The van der Waals surface area contributed by atoms with Crippen molar-refractivity contribution in [2.24, 2.45) is 17.8 Å². The Bertz CT molecular complexity index is 282. The van der Waals surface area contributed by atoms with Crippen LogP contribution < -0.4 is 10.6 Å². The molecule has 104 valence electrons. The van der Waals surface area contributed by atoms with Crippen LogP contribution in [-0.2, 0) is 4.79 Å².